The van der Waals surface area contributed by atoms with Gasteiger partial charge in [0, 0.05) is 18.8 Å². The number of fused-ring (bicyclic) bond motifs is 1. The lowest BCUT2D eigenvalue weighted by molar-refractivity contribution is 0.468. The van der Waals surface area contributed by atoms with Crippen molar-refractivity contribution in [3.63, 3.8) is 0 Å². The van der Waals surface area contributed by atoms with Crippen LogP contribution in [0.4, 0.5) is 17.3 Å². The molecule has 0 saturated carbocycles. The second kappa shape index (κ2) is 12.0. The smallest absolute Gasteiger partial charge is 0.285 e. The summed E-state index contributed by atoms with van der Waals surface area (Å²) in [4.78, 5) is 9.67. The van der Waals surface area contributed by atoms with Crippen LogP contribution in [0.15, 0.2) is 41.7 Å². The number of aliphatic imine (C=N–C) groups is 1. The second-order valence-corrected chi connectivity index (χ2v) is 8.78. The van der Waals surface area contributed by atoms with Crippen LogP contribution < -0.4 is 4.48 Å². The van der Waals surface area contributed by atoms with Gasteiger partial charge in [0.15, 0.2) is 5.69 Å². The highest BCUT2D eigenvalue weighted by Crippen LogP contribution is 2.43. The van der Waals surface area contributed by atoms with E-state index in [-0.39, 0.29) is 0 Å². The molecule has 2 heterocycles. The van der Waals surface area contributed by atoms with Crippen molar-refractivity contribution in [1.82, 2.24) is 14.0 Å². The highest BCUT2D eigenvalue weighted by molar-refractivity contribution is 5.93. The van der Waals surface area contributed by atoms with Gasteiger partial charge in [0.25, 0.3) is 0 Å². The average molecular weight is 410 g/mol. The SMILES string of the molecule is CCCCCCCCn1ccnc1[N+]1(CCCCCCCC)C=Nc2ccccc21. The molecule has 4 heteroatoms. The summed E-state index contributed by atoms with van der Waals surface area (Å²) in [5.41, 5.74) is 2.37. The molecule has 0 spiro atoms. The average Bonchev–Trinajstić information content (AvgIpc) is 3.39. The first-order chi connectivity index (χ1) is 14.8. The Balaban J connectivity index is 1.70. The summed E-state index contributed by atoms with van der Waals surface area (Å²) < 4.78 is 3.05. The highest BCUT2D eigenvalue weighted by Gasteiger charge is 2.41. The Morgan fingerprint density at radius 3 is 2.23 bits per heavy atom. The van der Waals surface area contributed by atoms with Gasteiger partial charge in [-0.05, 0) is 25.3 Å². The van der Waals surface area contributed by atoms with Crippen LogP contribution in [0.2, 0.25) is 0 Å². The molecule has 0 radical (unpaired) electrons. The van der Waals surface area contributed by atoms with E-state index in [9.17, 15) is 0 Å². The van der Waals surface area contributed by atoms with E-state index in [0.29, 0.717) is 4.48 Å². The maximum absolute atomic E-state index is 4.87. The number of aryl methyl sites for hydroxylation is 1. The summed E-state index contributed by atoms with van der Waals surface area (Å²) in [6.07, 6.45) is 22.0. The molecule has 1 atom stereocenters. The molecule has 2 aromatic rings. The molecule has 1 aromatic carbocycles. The van der Waals surface area contributed by atoms with Crippen LogP contribution in [-0.2, 0) is 6.54 Å². The Morgan fingerprint density at radius 2 is 1.47 bits per heavy atom. The van der Waals surface area contributed by atoms with Crippen LogP contribution in [0.5, 0.6) is 0 Å². The summed E-state index contributed by atoms with van der Waals surface area (Å²) in [6.45, 7) is 6.65. The van der Waals surface area contributed by atoms with Crippen LogP contribution in [0.25, 0.3) is 0 Å². The highest BCUT2D eigenvalue weighted by atomic mass is 15.5. The topological polar surface area (TPSA) is 30.2 Å². The minimum Gasteiger partial charge on any atom is -0.285 e. The van der Waals surface area contributed by atoms with Gasteiger partial charge < -0.3 is 0 Å². The van der Waals surface area contributed by atoms with Gasteiger partial charge in [-0.3, -0.25) is 4.57 Å². The Hall–Kier alpha value is -1.94. The number of unbranched alkanes of at least 4 members (excludes halogenated alkanes) is 10. The third kappa shape index (κ3) is 5.60. The van der Waals surface area contributed by atoms with E-state index in [4.69, 9.17) is 9.98 Å². The summed E-state index contributed by atoms with van der Waals surface area (Å²) in [5.74, 6) is 1.13. The molecule has 164 valence electrons. The van der Waals surface area contributed by atoms with Gasteiger partial charge in [-0.15, -0.1) is 0 Å². The third-order valence-corrected chi connectivity index (χ3v) is 6.37. The second-order valence-electron chi connectivity index (χ2n) is 8.78. The van der Waals surface area contributed by atoms with Crippen LogP contribution >= 0.6 is 0 Å². The summed E-state index contributed by atoms with van der Waals surface area (Å²) in [5, 5.41) is 0. The van der Waals surface area contributed by atoms with E-state index in [2.05, 4.69) is 55.2 Å². The number of aromatic nitrogens is 2. The lowest BCUT2D eigenvalue weighted by Crippen LogP contribution is -2.44. The van der Waals surface area contributed by atoms with E-state index in [0.717, 1.165) is 24.7 Å². The van der Waals surface area contributed by atoms with Crippen LogP contribution in [0.1, 0.15) is 90.9 Å². The van der Waals surface area contributed by atoms with Gasteiger partial charge in [0.1, 0.15) is 5.69 Å². The number of rotatable bonds is 15. The van der Waals surface area contributed by atoms with Crippen molar-refractivity contribution in [2.75, 3.05) is 6.54 Å². The molecule has 0 saturated heterocycles. The molecule has 0 fully saturated rings. The van der Waals surface area contributed by atoms with E-state index in [1.165, 1.54) is 82.7 Å². The van der Waals surface area contributed by atoms with E-state index in [1.807, 2.05) is 6.20 Å². The molecule has 30 heavy (non-hydrogen) atoms. The minimum atomic E-state index is 0.673. The van der Waals surface area contributed by atoms with Gasteiger partial charge in [-0.25, -0.2) is 0 Å². The largest absolute Gasteiger partial charge is 0.320 e. The van der Waals surface area contributed by atoms with Crippen LogP contribution in [0, 0.1) is 0 Å². The lowest BCUT2D eigenvalue weighted by Gasteiger charge is -2.29. The van der Waals surface area contributed by atoms with Gasteiger partial charge >= 0.3 is 5.95 Å². The van der Waals surface area contributed by atoms with Crippen LogP contribution in [-0.4, -0.2) is 22.4 Å². The molecule has 1 aliphatic heterocycles. The molecule has 0 aliphatic carbocycles. The van der Waals surface area contributed by atoms with Crippen molar-refractivity contribution in [1.29, 1.82) is 0 Å². The van der Waals surface area contributed by atoms with Crippen molar-refractivity contribution in [2.45, 2.75) is 97.4 Å². The molecule has 0 amide bonds. The molecule has 4 nitrogen and oxygen atoms in total. The Morgan fingerprint density at radius 1 is 0.800 bits per heavy atom. The van der Waals surface area contributed by atoms with E-state index < -0.39 is 0 Å². The summed E-state index contributed by atoms with van der Waals surface area (Å²) >= 11 is 0. The molecule has 0 N–H and O–H groups in total. The molecule has 1 aliphatic rings. The maximum atomic E-state index is 4.87. The van der Waals surface area contributed by atoms with Crippen molar-refractivity contribution >= 4 is 23.7 Å². The molecule has 3 rings (SSSR count). The number of nitrogens with zero attached hydrogens (tertiary/aromatic N) is 4. The monoisotopic (exact) mass is 409 g/mol. The zero-order valence-corrected chi connectivity index (χ0v) is 19.2. The van der Waals surface area contributed by atoms with Crippen molar-refractivity contribution in [3.8, 4) is 0 Å². The number of benzene rings is 1. The molecular weight excluding hydrogens is 368 g/mol. The quantitative estimate of drug-likeness (QED) is 0.217. The molecule has 0 bridgehead atoms. The fourth-order valence-electron chi connectivity index (χ4n) is 4.60. The summed E-state index contributed by atoms with van der Waals surface area (Å²) in [7, 11) is 0. The molecule has 1 aromatic heterocycles. The minimum absolute atomic E-state index is 0.673. The predicted octanol–water partition coefficient (Wildman–Crippen LogP) is 7.92. The van der Waals surface area contributed by atoms with Crippen molar-refractivity contribution < 1.29 is 0 Å². The van der Waals surface area contributed by atoms with Gasteiger partial charge in [0.05, 0.1) is 12.7 Å². The third-order valence-electron chi connectivity index (χ3n) is 6.37. The molecule has 1 unspecified atom stereocenters. The first-order valence-electron chi connectivity index (χ1n) is 12.4. The fraction of sp³-hybridized carbons (Fsp3) is 0.615. The first kappa shape index (κ1) is 22.7. The van der Waals surface area contributed by atoms with E-state index >= 15 is 0 Å². The van der Waals surface area contributed by atoms with Crippen molar-refractivity contribution in [2.24, 2.45) is 4.99 Å². The number of hydrogen-bond donors (Lipinski definition) is 0. The van der Waals surface area contributed by atoms with Gasteiger partial charge in [0.2, 0.25) is 6.34 Å². The summed E-state index contributed by atoms with van der Waals surface area (Å²) in [6, 6.07) is 8.60. The Kier molecular flexibility index (Phi) is 9.13. The number of imidazole rings is 1. The van der Waals surface area contributed by atoms with Gasteiger partial charge in [-0.2, -0.15) is 14.5 Å². The normalized spacial score (nSPS) is 17.5. The molecular formula is C26H41N4+. The fourth-order valence-corrected chi connectivity index (χ4v) is 4.60. The zero-order chi connectivity index (χ0) is 21.1. The Bertz CT molecular complexity index is 779. The first-order valence-corrected chi connectivity index (χ1v) is 12.4. The van der Waals surface area contributed by atoms with Gasteiger partial charge in [-0.1, -0.05) is 83.8 Å². The number of para-hydroxylation sites is 2. The zero-order valence-electron chi connectivity index (χ0n) is 19.2. The lowest BCUT2D eigenvalue weighted by atomic mass is 10.1. The standard InChI is InChI=1S/C26H41N4/c1-3-5-7-9-11-15-20-29-21-19-27-26(29)30(22-16-12-10-8-6-4-2)23-28-24-17-13-14-18-25(24)30/h13-14,17-19,21,23H,3-12,15-16,20,22H2,1-2H3/q+1. The predicted molar refractivity (Wildman–Crippen MR) is 130 cm³/mol. The van der Waals surface area contributed by atoms with Crippen LogP contribution in [0.3, 0.4) is 0 Å². The Labute approximate surface area is 183 Å². The maximum Gasteiger partial charge on any atom is 0.320 e. The number of hydrogen-bond acceptors (Lipinski definition) is 2. The number of quaternary nitrogens is 1. The van der Waals surface area contributed by atoms with E-state index in [1.54, 1.807) is 0 Å². The van der Waals surface area contributed by atoms with Crippen molar-refractivity contribution in [3.05, 3.63) is 36.7 Å².